The highest BCUT2D eigenvalue weighted by Crippen LogP contribution is 2.69. The number of ketones is 2. The van der Waals surface area contributed by atoms with E-state index >= 15 is 4.39 Å². The average Bonchev–Trinajstić information content (AvgIpc) is 3.23. The lowest BCUT2D eigenvalue weighted by atomic mass is 9.44. The number of alkyl carbamates (subject to hydrolysis) is 1. The molecule has 0 aromatic heterocycles. The highest BCUT2D eigenvalue weighted by molar-refractivity contribution is 6.01. The normalized spacial score (nSPS) is 35.1. The van der Waals surface area contributed by atoms with Gasteiger partial charge >= 0.3 is 12.1 Å². The van der Waals surface area contributed by atoms with Crippen molar-refractivity contribution in [3.63, 3.8) is 0 Å². The Bertz CT molecular complexity index is 1420. The molecule has 0 spiro atoms. The molecule has 4 rings (SSSR count). The Morgan fingerprint density at radius 3 is 2.49 bits per heavy atom. The number of ether oxygens (including phenoxy) is 2. The van der Waals surface area contributed by atoms with Crippen molar-refractivity contribution < 1.29 is 68.2 Å². The van der Waals surface area contributed by atoms with Gasteiger partial charge in [-0.15, -0.1) is 20.2 Å². The van der Waals surface area contributed by atoms with Gasteiger partial charge in [0.15, 0.2) is 23.7 Å². The Balaban J connectivity index is 1.27. The van der Waals surface area contributed by atoms with Crippen LogP contribution in [0.15, 0.2) is 23.8 Å². The minimum Gasteiger partial charge on any atom is -0.464 e. The number of hydrogen-bond donors (Lipinski definition) is 4. The van der Waals surface area contributed by atoms with E-state index in [9.17, 15) is 54.7 Å². The van der Waals surface area contributed by atoms with Crippen molar-refractivity contribution in [2.75, 3.05) is 26.4 Å². The summed E-state index contributed by atoms with van der Waals surface area (Å²) in [5.41, 5.74) is -7.03. The van der Waals surface area contributed by atoms with E-state index in [0.717, 1.165) is 0 Å². The SMILES string of the molecule is C[C@]12C=CC(=O)C=C1CCC1C3C[C@@H](O)[C@](O)(C(=O)COC(=O)NCC(=O)OCCCCC(CO[N+](=O)[O-])O[N+](=O)[O-])[C@@]3(C)C[C@H](O)[C@@]12F. The number of allylic oxidation sites excluding steroid dienone is 4. The monoisotopic (exact) mass is 701 g/mol. The molecule has 0 heterocycles. The predicted molar refractivity (Wildman–Crippen MR) is 159 cm³/mol. The van der Waals surface area contributed by atoms with Crippen LogP contribution >= 0.6 is 0 Å². The number of carbonyl (C=O) groups is 4. The third-order valence-corrected chi connectivity index (χ3v) is 10.8. The molecule has 19 heteroatoms. The van der Waals surface area contributed by atoms with E-state index in [4.69, 9.17) is 9.47 Å². The van der Waals surface area contributed by atoms with Gasteiger partial charge in [-0.3, -0.25) is 14.4 Å². The quantitative estimate of drug-likeness (QED) is 0.0798. The van der Waals surface area contributed by atoms with Gasteiger partial charge in [0.2, 0.25) is 5.78 Å². The van der Waals surface area contributed by atoms with Crippen LogP contribution in [0.1, 0.15) is 58.8 Å². The number of unbranched alkanes of at least 4 members (excludes halogenated alkanes) is 1. The van der Waals surface area contributed by atoms with Crippen LogP contribution in [0.3, 0.4) is 0 Å². The van der Waals surface area contributed by atoms with E-state index in [1.807, 2.05) is 0 Å². The van der Waals surface area contributed by atoms with E-state index in [0.29, 0.717) is 12.0 Å². The number of nitrogens with zero attached hydrogens (tertiary/aromatic N) is 2. The number of amides is 1. The number of hydrogen-bond acceptors (Lipinski definition) is 15. The fourth-order valence-electron chi connectivity index (χ4n) is 8.31. The first-order valence-electron chi connectivity index (χ1n) is 15.8. The molecule has 1 amide bonds. The van der Waals surface area contributed by atoms with Gasteiger partial charge in [0, 0.05) is 16.7 Å². The lowest BCUT2D eigenvalue weighted by Gasteiger charge is -2.62. The predicted octanol–water partition coefficient (Wildman–Crippen LogP) is 0.853. The van der Waals surface area contributed by atoms with Crippen LogP contribution in [-0.4, -0.2) is 105 Å². The van der Waals surface area contributed by atoms with Crippen molar-refractivity contribution in [2.45, 2.75) is 88.4 Å². The molecule has 9 atom stereocenters. The van der Waals surface area contributed by atoms with Gasteiger partial charge in [-0.1, -0.05) is 18.6 Å². The molecule has 0 saturated heterocycles. The van der Waals surface area contributed by atoms with E-state index in [1.165, 1.54) is 25.2 Å². The molecule has 3 saturated carbocycles. The molecule has 0 bridgehead atoms. The summed E-state index contributed by atoms with van der Waals surface area (Å²) in [5, 5.41) is 54.8. The smallest absolute Gasteiger partial charge is 0.408 e. The Morgan fingerprint density at radius 1 is 1.10 bits per heavy atom. The highest BCUT2D eigenvalue weighted by atomic mass is 19.1. The summed E-state index contributed by atoms with van der Waals surface area (Å²) in [6, 6.07) is 0. The topological polar surface area (TPSA) is 264 Å². The molecule has 18 nitrogen and oxygen atoms in total. The maximum atomic E-state index is 17.2. The van der Waals surface area contributed by atoms with Crippen molar-refractivity contribution in [3.8, 4) is 0 Å². The maximum absolute atomic E-state index is 17.2. The van der Waals surface area contributed by atoms with Crippen LogP contribution in [0.4, 0.5) is 9.18 Å². The van der Waals surface area contributed by atoms with Gasteiger partial charge in [0.1, 0.15) is 19.3 Å². The van der Waals surface area contributed by atoms with E-state index in [2.05, 4.69) is 15.0 Å². The fraction of sp³-hybridized carbons (Fsp3) is 0.733. The minimum absolute atomic E-state index is 0.0166. The van der Waals surface area contributed by atoms with Crippen LogP contribution in [0.25, 0.3) is 0 Å². The molecule has 4 N–H and O–H groups in total. The van der Waals surface area contributed by atoms with Crippen LogP contribution in [-0.2, 0) is 33.5 Å². The average molecular weight is 702 g/mol. The molecular formula is C30H40FN3O15. The lowest BCUT2D eigenvalue weighted by Crippen LogP contribution is -2.69. The summed E-state index contributed by atoms with van der Waals surface area (Å²) in [6.45, 7) is 0.579. The Morgan fingerprint density at radius 2 is 1.82 bits per heavy atom. The number of nitrogens with one attached hydrogen (secondary N) is 1. The van der Waals surface area contributed by atoms with Gasteiger partial charge < -0.3 is 39.8 Å². The minimum atomic E-state index is -2.51. The van der Waals surface area contributed by atoms with Crippen LogP contribution in [0.2, 0.25) is 0 Å². The molecule has 3 fully saturated rings. The molecule has 0 aromatic rings. The molecule has 0 aliphatic heterocycles. The summed E-state index contributed by atoms with van der Waals surface area (Å²) in [5.74, 6) is -3.89. The van der Waals surface area contributed by atoms with Gasteiger partial charge in [-0.25, -0.2) is 9.18 Å². The van der Waals surface area contributed by atoms with Gasteiger partial charge in [0.25, 0.3) is 10.2 Å². The third-order valence-electron chi connectivity index (χ3n) is 10.8. The summed E-state index contributed by atoms with van der Waals surface area (Å²) >= 11 is 0. The van der Waals surface area contributed by atoms with Crippen LogP contribution < -0.4 is 5.32 Å². The lowest BCUT2D eigenvalue weighted by molar-refractivity contribution is -0.790. The second-order valence-electron chi connectivity index (χ2n) is 13.3. The van der Waals surface area contributed by atoms with Gasteiger partial charge in [0.05, 0.1) is 18.8 Å². The molecule has 49 heavy (non-hydrogen) atoms. The third kappa shape index (κ3) is 6.96. The zero-order valence-electron chi connectivity index (χ0n) is 26.9. The zero-order chi connectivity index (χ0) is 36.4. The van der Waals surface area contributed by atoms with Gasteiger partial charge in [-0.2, -0.15) is 0 Å². The van der Waals surface area contributed by atoms with Crippen molar-refractivity contribution in [1.29, 1.82) is 0 Å². The Kier molecular flexibility index (Phi) is 11.0. The summed E-state index contributed by atoms with van der Waals surface area (Å²) in [4.78, 5) is 78.8. The number of aliphatic hydroxyl groups is 3. The summed E-state index contributed by atoms with van der Waals surface area (Å²) in [6.07, 6.45) is -1.31. The zero-order valence-corrected chi connectivity index (χ0v) is 26.9. The molecular weight excluding hydrogens is 661 g/mol. The van der Waals surface area contributed by atoms with Gasteiger partial charge in [-0.05, 0) is 69.9 Å². The Labute approximate surface area is 278 Å². The van der Waals surface area contributed by atoms with Crippen molar-refractivity contribution in [3.05, 3.63) is 44.0 Å². The first kappa shape index (κ1) is 37.6. The number of halogens is 1. The molecule has 3 unspecified atom stereocenters. The van der Waals surface area contributed by atoms with Crippen LogP contribution in [0.5, 0.6) is 0 Å². The van der Waals surface area contributed by atoms with Crippen molar-refractivity contribution >= 4 is 23.6 Å². The highest BCUT2D eigenvalue weighted by Gasteiger charge is 2.76. The summed E-state index contributed by atoms with van der Waals surface area (Å²) < 4.78 is 27.1. The second kappa shape index (κ2) is 14.3. The number of carbonyl (C=O) groups excluding carboxylic acids is 4. The first-order chi connectivity index (χ1) is 22.9. The van der Waals surface area contributed by atoms with Crippen molar-refractivity contribution in [1.82, 2.24) is 5.32 Å². The number of alkyl halides is 1. The van der Waals surface area contributed by atoms with E-state index < -0.39 is 106 Å². The molecule has 272 valence electrons. The molecule has 0 aromatic carbocycles. The number of rotatable bonds is 15. The number of Topliss-reactive ketones (excluding diaryl/α,β-unsaturated/α-hetero) is 1. The van der Waals surface area contributed by atoms with Crippen molar-refractivity contribution in [2.24, 2.45) is 22.7 Å². The second-order valence-corrected chi connectivity index (χ2v) is 13.3. The van der Waals surface area contributed by atoms with E-state index in [-0.39, 0.29) is 44.5 Å². The molecule has 0 radical (unpaired) electrons. The maximum Gasteiger partial charge on any atom is 0.408 e. The number of fused-ring (bicyclic) bond motifs is 5. The molecule has 4 aliphatic rings. The number of aliphatic hydroxyl groups excluding tert-OH is 2. The van der Waals surface area contributed by atoms with Crippen LogP contribution in [0, 0.1) is 42.9 Å². The first-order valence-corrected chi connectivity index (χ1v) is 15.8. The summed E-state index contributed by atoms with van der Waals surface area (Å²) in [7, 11) is 0. The standard InChI is InChI=1S/C30H40FN3O15/c1-27-9-8-18(35)11-17(27)6-7-20-21-12-22(36)30(41,28(21,2)13-23(37)29(20,27)31)24(38)16-47-26(40)32-14-25(39)46-10-4-3-5-19(49-34(44)45)15-48-33(42)43/h8-9,11,19-23,36-37,41H,3-7,10,12-16H2,1-2H3,(H,32,40)/t19?,20?,21?,22-,23+,27+,28+,29+,30+/m1/s1. The largest absolute Gasteiger partial charge is 0.464 e. The Hall–Kier alpha value is -4.23. The number of esters is 1. The molecule has 4 aliphatic carbocycles. The van der Waals surface area contributed by atoms with E-state index in [1.54, 1.807) is 6.92 Å². The fourth-order valence-corrected chi connectivity index (χ4v) is 8.31.